The zero-order chi connectivity index (χ0) is 26.4. The highest BCUT2D eigenvalue weighted by molar-refractivity contribution is 6.30. The Morgan fingerprint density at radius 2 is 1.84 bits per heavy atom. The number of nitrogens with zero attached hydrogens (tertiary/aromatic N) is 2. The van der Waals surface area contributed by atoms with Gasteiger partial charge in [0, 0.05) is 34.6 Å². The number of carbonyl (C=O) groups excluding carboxylic acids is 3. The Balaban J connectivity index is 1.46. The van der Waals surface area contributed by atoms with Gasteiger partial charge in [-0.25, -0.2) is 9.69 Å². The number of benzene rings is 3. The highest BCUT2D eigenvalue weighted by atomic mass is 35.5. The normalized spacial score (nSPS) is 18.6. The van der Waals surface area contributed by atoms with Gasteiger partial charge in [-0.05, 0) is 47.9 Å². The molecule has 7 nitrogen and oxygen atoms in total. The molecule has 6 rings (SSSR count). The molecule has 0 radical (unpaired) electrons. The van der Waals surface area contributed by atoms with Gasteiger partial charge in [0.1, 0.15) is 12.1 Å². The van der Waals surface area contributed by atoms with Gasteiger partial charge in [-0.1, -0.05) is 67.4 Å². The van der Waals surface area contributed by atoms with Crippen LogP contribution in [0.25, 0.3) is 10.9 Å². The lowest BCUT2D eigenvalue weighted by Crippen LogP contribution is -2.44. The zero-order valence-electron chi connectivity index (χ0n) is 20.9. The second-order valence-corrected chi connectivity index (χ2v) is 10.2. The Morgan fingerprint density at radius 3 is 2.66 bits per heavy atom. The van der Waals surface area contributed by atoms with Crippen molar-refractivity contribution in [2.45, 2.75) is 38.3 Å². The predicted molar refractivity (Wildman–Crippen MR) is 147 cm³/mol. The molecule has 0 unspecified atom stereocenters. The van der Waals surface area contributed by atoms with Gasteiger partial charge in [0.2, 0.25) is 0 Å². The number of amides is 4. The average molecular weight is 527 g/mol. The number of carbonyl (C=O) groups is 3. The average Bonchev–Trinajstić information content (AvgIpc) is 3.42. The van der Waals surface area contributed by atoms with Crippen molar-refractivity contribution in [3.05, 3.63) is 100 Å². The first kappa shape index (κ1) is 24.2. The summed E-state index contributed by atoms with van der Waals surface area (Å²) in [7, 11) is 0. The Morgan fingerprint density at radius 1 is 1.05 bits per heavy atom. The molecule has 2 aliphatic heterocycles. The second-order valence-electron chi connectivity index (χ2n) is 9.73. The molecule has 0 bridgehead atoms. The van der Waals surface area contributed by atoms with Crippen LogP contribution in [0.2, 0.25) is 5.02 Å². The lowest BCUT2D eigenvalue weighted by atomic mass is 9.89. The van der Waals surface area contributed by atoms with Crippen LogP contribution in [-0.4, -0.2) is 40.3 Å². The van der Waals surface area contributed by atoms with Crippen molar-refractivity contribution in [2.75, 3.05) is 11.4 Å². The van der Waals surface area contributed by atoms with Gasteiger partial charge in [-0.15, -0.1) is 0 Å². The number of aromatic nitrogens is 1. The molecular formula is C30H27ClN4O3. The summed E-state index contributed by atoms with van der Waals surface area (Å²) in [5.41, 5.74) is 4.25. The number of fused-ring (bicyclic) bond motifs is 4. The molecule has 4 aromatic rings. The lowest BCUT2D eigenvalue weighted by Gasteiger charge is -2.36. The topological polar surface area (TPSA) is 85.5 Å². The summed E-state index contributed by atoms with van der Waals surface area (Å²) in [5, 5.41) is 4.48. The Kier molecular flexibility index (Phi) is 6.16. The number of aromatic amines is 1. The Bertz CT molecular complexity index is 1580. The fourth-order valence-corrected chi connectivity index (χ4v) is 5.85. The van der Waals surface area contributed by atoms with Crippen molar-refractivity contribution in [1.82, 2.24) is 15.2 Å². The van der Waals surface area contributed by atoms with E-state index in [1.807, 2.05) is 49.4 Å². The maximum Gasteiger partial charge on any atom is 0.332 e. The molecule has 2 atom stereocenters. The molecule has 1 fully saturated rings. The minimum atomic E-state index is -0.714. The highest BCUT2D eigenvalue weighted by Gasteiger charge is 2.53. The molecule has 1 saturated heterocycles. The van der Waals surface area contributed by atoms with E-state index in [1.165, 1.54) is 4.90 Å². The number of anilines is 1. The summed E-state index contributed by atoms with van der Waals surface area (Å²) in [5.74, 6) is -0.645. The van der Waals surface area contributed by atoms with Crippen molar-refractivity contribution >= 4 is 46.0 Å². The van der Waals surface area contributed by atoms with Crippen molar-refractivity contribution in [1.29, 1.82) is 0 Å². The fraction of sp³-hybridized carbons (Fsp3) is 0.233. The van der Waals surface area contributed by atoms with E-state index in [0.29, 0.717) is 29.2 Å². The standard InChI is InChI=1S/C30H27ClN4O3/c1-2-3-15-32-28(36)21-12-5-7-14-24(21)35-29(37)25-17-22-20-11-4-6-13-23(20)33-26(22)27(34(25)30(35)38)18-9-8-10-19(31)16-18/h4-14,16,25,27,33H,2-3,15,17H2,1H3,(H,32,36)/t25-,27+/m0/s1. The smallest absolute Gasteiger partial charge is 0.332 e. The Labute approximate surface area is 225 Å². The van der Waals surface area contributed by atoms with E-state index in [4.69, 9.17) is 11.6 Å². The number of rotatable bonds is 6. The quantitative estimate of drug-likeness (QED) is 0.245. The van der Waals surface area contributed by atoms with Crippen LogP contribution in [0.1, 0.15) is 53.0 Å². The van der Waals surface area contributed by atoms with Crippen molar-refractivity contribution in [2.24, 2.45) is 0 Å². The van der Waals surface area contributed by atoms with Crippen LogP contribution in [0.5, 0.6) is 0 Å². The van der Waals surface area contributed by atoms with Crippen molar-refractivity contribution < 1.29 is 14.4 Å². The number of hydrogen-bond acceptors (Lipinski definition) is 3. The fourth-order valence-electron chi connectivity index (χ4n) is 5.65. The number of hydrogen-bond donors (Lipinski definition) is 2. The largest absolute Gasteiger partial charge is 0.356 e. The minimum absolute atomic E-state index is 0.296. The van der Waals surface area contributed by atoms with E-state index in [0.717, 1.165) is 40.6 Å². The first-order chi connectivity index (χ1) is 18.5. The SMILES string of the molecule is CCCCNC(=O)c1ccccc1N1C(=O)[C@@H]2Cc3c([nH]c4ccccc34)[C@@H](c3cccc(Cl)c3)N2C1=O. The molecule has 1 aromatic heterocycles. The predicted octanol–water partition coefficient (Wildman–Crippen LogP) is 5.83. The maximum absolute atomic E-state index is 14.1. The minimum Gasteiger partial charge on any atom is -0.356 e. The van der Waals surface area contributed by atoms with Crippen LogP contribution >= 0.6 is 11.6 Å². The van der Waals surface area contributed by atoms with Gasteiger partial charge >= 0.3 is 6.03 Å². The van der Waals surface area contributed by atoms with Gasteiger partial charge in [0.25, 0.3) is 11.8 Å². The van der Waals surface area contributed by atoms with Crippen LogP contribution < -0.4 is 10.2 Å². The number of imide groups is 1. The van der Waals surface area contributed by atoms with Crippen LogP contribution in [0.3, 0.4) is 0 Å². The van der Waals surface area contributed by atoms with Gasteiger partial charge < -0.3 is 10.3 Å². The van der Waals surface area contributed by atoms with Gasteiger partial charge in [-0.2, -0.15) is 0 Å². The summed E-state index contributed by atoms with van der Waals surface area (Å²) in [6.45, 7) is 2.58. The number of H-pyrrole nitrogens is 1. The van der Waals surface area contributed by atoms with Crippen LogP contribution in [0.15, 0.2) is 72.8 Å². The van der Waals surface area contributed by atoms with Crippen LogP contribution in [-0.2, 0) is 11.2 Å². The first-order valence-electron chi connectivity index (χ1n) is 12.9. The number of para-hydroxylation sites is 2. The molecule has 3 aromatic carbocycles. The summed E-state index contributed by atoms with van der Waals surface area (Å²) in [4.78, 5) is 47.5. The molecule has 192 valence electrons. The highest BCUT2D eigenvalue weighted by Crippen LogP contribution is 2.45. The second kappa shape index (κ2) is 9.65. The number of urea groups is 1. The summed E-state index contributed by atoms with van der Waals surface area (Å²) in [6, 6.07) is 20.4. The molecule has 38 heavy (non-hydrogen) atoms. The third-order valence-electron chi connectivity index (χ3n) is 7.42. The van der Waals surface area contributed by atoms with E-state index < -0.39 is 18.1 Å². The van der Waals surface area contributed by atoms with Gasteiger partial charge in [-0.3, -0.25) is 14.5 Å². The molecule has 0 spiro atoms. The molecule has 0 aliphatic carbocycles. The molecule has 8 heteroatoms. The van der Waals surface area contributed by atoms with E-state index in [9.17, 15) is 14.4 Å². The summed E-state index contributed by atoms with van der Waals surface area (Å²) in [6.07, 6.45) is 2.17. The third-order valence-corrected chi connectivity index (χ3v) is 7.65. The van der Waals surface area contributed by atoms with Crippen LogP contribution in [0.4, 0.5) is 10.5 Å². The summed E-state index contributed by atoms with van der Waals surface area (Å²) >= 11 is 6.37. The monoisotopic (exact) mass is 526 g/mol. The van der Waals surface area contributed by atoms with E-state index in [2.05, 4.69) is 10.3 Å². The molecule has 2 N–H and O–H groups in total. The van der Waals surface area contributed by atoms with Crippen molar-refractivity contribution in [3.63, 3.8) is 0 Å². The Hall–Kier alpha value is -4.10. The van der Waals surface area contributed by atoms with E-state index in [1.54, 1.807) is 35.2 Å². The first-order valence-corrected chi connectivity index (χ1v) is 13.3. The van der Waals surface area contributed by atoms with E-state index in [-0.39, 0.29) is 11.8 Å². The number of unbranched alkanes of at least 4 members (excludes halogenated alkanes) is 1. The molecule has 4 amide bonds. The maximum atomic E-state index is 14.1. The summed E-state index contributed by atoms with van der Waals surface area (Å²) < 4.78 is 0. The molecule has 0 saturated carbocycles. The van der Waals surface area contributed by atoms with Crippen LogP contribution in [0, 0.1) is 0 Å². The zero-order valence-corrected chi connectivity index (χ0v) is 21.7. The molecular weight excluding hydrogens is 500 g/mol. The number of halogens is 1. The van der Waals surface area contributed by atoms with Crippen molar-refractivity contribution in [3.8, 4) is 0 Å². The van der Waals surface area contributed by atoms with E-state index >= 15 is 0 Å². The van der Waals surface area contributed by atoms with Gasteiger partial charge in [0.05, 0.1) is 11.3 Å². The molecule has 2 aliphatic rings. The van der Waals surface area contributed by atoms with Gasteiger partial charge in [0.15, 0.2) is 0 Å². The third kappa shape index (κ3) is 3.85. The number of nitrogens with one attached hydrogen (secondary N) is 2. The molecule has 3 heterocycles. The lowest BCUT2D eigenvalue weighted by molar-refractivity contribution is -0.120.